The number of hydrogen-bond donors (Lipinski definition) is 0. The molecule has 1 atom stereocenters. The topological polar surface area (TPSA) is 12.5 Å². The Morgan fingerprint density at radius 1 is 1.45 bits per heavy atom. The molecule has 0 unspecified atom stereocenters. The first kappa shape index (κ1) is 6.45. The predicted octanol–water partition coefficient (Wildman–Crippen LogP) is 1.74. The van der Waals surface area contributed by atoms with Gasteiger partial charge >= 0.3 is 0 Å². The van der Waals surface area contributed by atoms with Gasteiger partial charge in [0.1, 0.15) is 6.10 Å². The lowest BCUT2D eigenvalue weighted by atomic mass is 10.1. The number of rotatable bonds is 1. The Hall–Kier alpha value is -1.26. The number of benzene rings is 1. The van der Waals surface area contributed by atoms with E-state index in [2.05, 4.69) is 5.92 Å². The average molecular weight is 144 g/mol. The Balaban J connectivity index is 2.44. The summed E-state index contributed by atoms with van der Waals surface area (Å²) >= 11 is 0. The van der Waals surface area contributed by atoms with Crippen molar-refractivity contribution in [2.75, 3.05) is 6.61 Å². The second kappa shape index (κ2) is 2.41. The molecular weight excluding hydrogens is 136 g/mol. The summed E-state index contributed by atoms with van der Waals surface area (Å²) < 4.78 is 5.14. The Morgan fingerprint density at radius 3 is 2.82 bits per heavy atom. The van der Waals surface area contributed by atoms with Crippen molar-refractivity contribution in [2.24, 2.45) is 0 Å². The van der Waals surface area contributed by atoms with E-state index in [1.165, 1.54) is 0 Å². The second-order valence-corrected chi connectivity index (χ2v) is 2.55. The van der Waals surface area contributed by atoms with Gasteiger partial charge in [-0.2, -0.15) is 0 Å². The first-order valence-corrected chi connectivity index (χ1v) is 3.59. The van der Waals surface area contributed by atoms with Crippen molar-refractivity contribution in [3.63, 3.8) is 0 Å². The van der Waals surface area contributed by atoms with Crippen LogP contribution in [0.25, 0.3) is 0 Å². The largest absolute Gasteiger partial charge is 0.368 e. The fourth-order valence-corrected chi connectivity index (χ4v) is 1.14. The first-order valence-electron chi connectivity index (χ1n) is 3.59. The van der Waals surface area contributed by atoms with E-state index in [4.69, 9.17) is 11.2 Å². The van der Waals surface area contributed by atoms with Crippen LogP contribution in [0.2, 0.25) is 0 Å². The van der Waals surface area contributed by atoms with E-state index in [1.54, 1.807) is 0 Å². The lowest BCUT2D eigenvalue weighted by Gasteiger charge is -1.97. The zero-order chi connectivity index (χ0) is 7.68. The summed E-state index contributed by atoms with van der Waals surface area (Å²) in [4.78, 5) is 0. The Labute approximate surface area is 66.0 Å². The molecule has 1 heterocycles. The minimum Gasteiger partial charge on any atom is -0.368 e. The first-order chi connectivity index (χ1) is 5.42. The molecule has 1 fully saturated rings. The van der Waals surface area contributed by atoms with E-state index in [0.29, 0.717) is 0 Å². The summed E-state index contributed by atoms with van der Waals surface area (Å²) in [5.41, 5.74) is 2.10. The van der Waals surface area contributed by atoms with Crippen LogP contribution in [0.4, 0.5) is 0 Å². The molecule has 0 amide bonds. The molecule has 0 spiro atoms. The quantitative estimate of drug-likeness (QED) is 0.432. The molecule has 1 aliphatic rings. The molecule has 0 N–H and O–H groups in total. The summed E-state index contributed by atoms with van der Waals surface area (Å²) in [6.45, 7) is 0.818. The Bertz CT molecular complexity index is 305. The zero-order valence-electron chi connectivity index (χ0n) is 6.08. The van der Waals surface area contributed by atoms with Gasteiger partial charge in [0.15, 0.2) is 0 Å². The third-order valence-corrected chi connectivity index (χ3v) is 1.80. The molecular formula is C10H8O. The summed E-state index contributed by atoms with van der Waals surface area (Å²) in [5.74, 6) is 2.64. The molecule has 0 bridgehead atoms. The van der Waals surface area contributed by atoms with Crippen molar-refractivity contribution in [1.29, 1.82) is 0 Å². The van der Waals surface area contributed by atoms with E-state index < -0.39 is 0 Å². The highest BCUT2D eigenvalue weighted by atomic mass is 16.6. The molecule has 11 heavy (non-hydrogen) atoms. The van der Waals surface area contributed by atoms with Gasteiger partial charge in [0.25, 0.3) is 0 Å². The van der Waals surface area contributed by atoms with Crippen molar-refractivity contribution in [1.82, 2.24) is 0 Å². The molecule has 1 aliphatic heterocycles. The van der Waals surface area contributed by atoms with Crippen LogP contribution in [-0.2, 0) is 4.74 Å². The summed E-state index contributed by atoms with van der Waals surface area (Å²) in [7, 11) is 0. The van der Waals surface area contributed by atoms with Crippen LogP contribution in [0.5, 0.6) is 0 Å². The van der Waals surface area contributed by atoms with E-state index in [9.17, 15) is 0 Å². The van der Waals surface area contributed by atoms with Crippen molar-refractivity contribution >= 4 is 0 Å². The molecule has 0 radical (unpaired) electrons. The lowest BCUT2D eigenvalue weighted by Crippen LogP contribution is -1.85. The average Bonchev–Trinajstić information content (AvgIpc) is 2.87. The van der Waals surface area contributed by atoms with Gasteiger partial charge in [-0.25, -0.2) is 0 Å². The van der Waals surface area contributed by atoms with Gasteiger partial charge < -0.3 is 4.74 Å². The molecule has 1 nitrogen and oxygen atoms in total. The molecule has 1 saturated heterocycles. The van der Waals surface area contributed by atoms with E-state index in [1.807, 2.05) is 24.3 Å². The lowest BCUT2D eigenvalue weighted by molar-refractivity contribution is 0.415. The van der Waals surface area contributed by atoms with Crippen molar-refractivity contribution in [3.8, 4) is 12.3 Å². The monoisotopic (exact) mass is 144 g/mol. The van der Waals surface area contributed by atoms with Crippen LogP contribution in [-0.4, -0.2) is 6.61 Å². The van der Waals surface area contributed by atoms with E-state index in [-0.39, 0.29) is 6.10 Å². The van der Waals surface area contributed by atoms with E-state index in [0.717, 1.165) is 17.7 Å². The molecule has 0 aliphatic carbocycles. The van der Waals surface area contributed by atoms with Gasteiger partial charge in [0.2, 0.25) is 0 Å². The molecule has 54 valence electrons. The normalized spacial score (nSPS) is 20.8. The summed E-state index contributed by atoms with van der Waals surface area (Å²) in [6.07, 6.45) is 5.58. The summed E-state index contributed by atoms with van der Waals surface area (Å²) in [5, 5.41) is 0. The van der Waals surface area contributed by atoms with Crippen LogP contribution in [0.1, 0.15) is 17.2 Å². The van der Waals surface area contributed by atoms with E-state index >= 15 is 0 Å². The third-order valence-electron chi connectivity index (χ3n) is 1.80. The zero-order valence-corrected chi connectivity index (χ0v) is 6.08. The number of terminal acetylenes is 1. The van der Waals surface area contributed by atoms with Crippen LogP contribution in [0, 0.1) is 12.3 Å². The minimum absolute atomic E-state index is 0.266. The second-order valence-electron chi connectivity index (χ2n) is 2.55. The van der Waals surface area contributed by atoms with Gasteiger partial charge in [-0.15, -0.1) is 6.42 Å². The standard InChI is InChI=1S/C10H8O/c1-2-8-5-3-4-6-9(8)10-7-11-10/h1,3-6,10H,7H2/t10-/m1/s1. The smallest absolute Gasteiger partial charge is 0.107 e. The van der Waals surface area contributed by atoms with Gasteiger partial charge in [-0.1, -0.05) is 24.1 Å². The van der Waals surface area contributed by atoms with Gasteiger partial charge in [-0.3, -0.25) is 0 Å². The molecule has 0 saturated carbocycles. The minimum atomic E-state index is 0.266. The Morgan fingerprint density at radius 2 is 2.18 bits per heavy atom. The highest BCUT2D eigenvalue weighted by Crippen LogP contribution is 2.31. The number of hydrogen-bond acceptors (Lipinski definition) is 1. The van der Waals surface area contributed by atoms with Crippen molar-refractivity contribution in [3.05, 3.63) is 35.4 Å². The molecule has 0 aromatic heterocycles. The summed E-state index contributed by atoms with van der Waals surface area (Å²) in [6, 6.07) is 7.89. The fourth-order valence-electron chi connectivity index (χ4n) is 1.14. The Kier molecular flexibility index (Phi) is 1.41. The third kappa shape index (κ3) is 1.13. The van der Waals surface area contributed by atoms with Crippen LogP contribution < -0.4 is 0 Å². The molecule has 1 aromatic rings. The maximum Gasteiger partial charge on any atom is 0.107 e. The van der Waals surface area contributed by atoms with Gasteiger partial charge in [-0.05, 0) is 11.6 Å². The molecule has 1 heteroatoms. The predicted molar refractivity (Wildman–Crippen MR) is 43.1 cm³/mol. The van der Waals surface area contributed by atoms with Crippen LogP contribution >= 0.6 is 0 Å². The number of ether oxygens (including phenoxy) is 1. The molecule has 2 rings (SSSR count). The number of epoxide rings is 1. The van der Waals surface area contributed by atoms with Crippen molar-refractivity contribution < 1.29 is 4.74 Å². The van der Waals surface area contributed by atoms with Crippen molar-refractivity contribution in [2.45, 2.75) is 6.10 Å². The maximum atomic E-state index is 5.31. The van der Waals surface area contributed by atoms with Crippen LogP contribution in [0.15, 0.2) is 24.3 Å². The SMILES string of the molecule is C#Cc1ccccc1[C@H]1CO1. The fraction of sp³-hybridized carbons (Fsp3) is 0.200. The molecule has 1 aromatic carbocycles. The maximum absolute atomic E-state index is 5.31. The van der Waals surface area contributed by atoms with Crippen LogP contribution in [0.3, 0.4) is 0 Å². The van der Waals surface area contributed by atoms with Gasteiger partial charge in [0, 0.05) is 5.56 Å². The highest BCUT2D eigenvalue weighted by molar-refractivity contribution is 5.42. The van der Waals surface area contributed by atoms with Gasteiger partial charge in [0.05, 0.1) is 6.61 Å². The highest BCUT2D eigenvalue weighted by Gasteiger charge is 2.26.